The number of nitrogens with one attached hydrogen (secondary N) is 2. The third kappa shape index (κ3) is 7.82. The summed E-state index contributed by atoms with van der Waals surface area (Å²) in [7, 11) is 4.00. The highest BCUT2D eigenvalue weighted by Gasteiger charge is 2.06. The van der Waals surface area contributed by atoms with Crippen molar-refractivity contribution in [2.45, 2.75) is 12.8 Å². The zero-order valence-corrected chi connectivity index (χ0v) is 14.1. The third-order valence-electron chi connectivity index (χ3n) is 2.85. The Bertz CT molecular complexity index is 460. The van der Waals surface area contributed by atoms with Gasteiger partial charge in [0.25, 0.3) is 5.91 Å². The average Bonchev–Trinajstić information content (AvgIpc) is 2.44. The lowest BCUT2D eigenvalue weighted by Gasteiger charge is -2.10. The molecule has 5 nitrogen and oxygen atoms in total. The van der Waals surface area contributed by atoms with Crippen LogP contribution in [0.5, 0.6) is 0 Å². The van der Waals surface area contributed by atoms with E-state index >= 15 is 0 Å². The number of hydrogen-bond donors (Lipinski definition) is 2. The highest BCUT2D eigenvalue weighted by Crippen LogP contribution is 2.10. The molecule has 116 valence electrons. The van der Waals surface area contributed by atoms with Crippen LogP contribution in [0.15, 0.2) is 28.7 Å². The topological polar surface area (TPSA) is 61.4 Å². The number of carbonyl (C=O) groups excluding carboxylic acids is 2. The number of hydrogen-bond acceptors (Lipinski definition) is 3. The average molecular weight is 356 g/mol. The standard InChI is InChI=1S/C15H22BrN3O2/c1-19(2)11-3-9-17-14(20)8-10-18-15(21)12-4-6-13(16)7-5-12/h4-7H,3,8-11H2,1-2H3,(H,17,20)(H,18,21). The Morgan fingerprint density at radius 3 is 2.38 bits per heavy atom. The number of rotatable bonds is 8. The molecule has 0 fully saturated rings. The van der Waals surface area contributed by atoms with Crippen LogP contribution in [0.1, 0.15) is 23.2 Å². The maximum Gasteiger partial charge on any atom is 0.251 e. The molecule has 1 rings (SSSR count). The van der Waals surface area contributed by atoms with E-state index in [0.29, 0.717) is 25.1 Å². The number of amides is 2. The molecule has 0 aliphatic heterocycles. The molecule has 6 heteroatoms. The Balaban J connectivity index is 2.16. The van der Waals surface area contributed by atoms with E-state index < -0.39 is 0 Å². The number of benzene rings is 1. The van der Waals surface area contributed by atoms with Gasteiger partial charge in [-0.05, 0) is 51.3 Å². The first-order chi connectivity index (χ1) is 9.99. The van der Waals surface area contributed by atoms with Crippen LogP contribution >= 0.6 is 15.9 Å². The van der Waals surface area contributed by atoms with Crippen LogP contribution < -0.4 is 10.6 Å². The van der Waals surface area contributed by atoms with E-state index in [1.807, 2.05) is 26.2 Å². The zero-order chi connectivity index (χ0) is 15.7. The van der Waals surface area contributed by atoms with Gasteiger partial charge in [0.05, 0.1) is 0 Å². The van der Waals surface area contributed by atoms with Gasteiger partial charge in [0.2, 0.25) is 5.91 Å². The number of carbonyl (C=O) groups is 2. The van der Waals surface area contributed by atoms with Gasteiger partial charge in [-0.15, -0.1) is 0 Å². The maximum absolute atomic E-state index is 11.8. The molecule has 21 heavy (non-hydrogen) atoms. The van der Waals surface area contributed by atoms with Crippen molar-refractivity contribution in [2.24, 2.45) is 0 Å². The fourth-order valence-corrected chi connectivity index (χ4v) is 1.97. The molecule has 2 amide bonds. The minimum atomic E-state index is -0.164. The predicted molar refractivity (Wildman–Crippen MR) is 87.3 cm³/mol. The molecule has 0 bridgehead atoms. The molecule has 0 saturated carbocycles. The molecule has 0 spiro atoms. The van der Waals surface area contributed by atoms with Gasteiger partial charge in [0, 0.05) is 29.5 Å². The Kier molecular flexibility index (Phi) is 8.00. The monoisotopic (exact) mass is 355 g/mol. The molecule has 1 aromatic carbocycles. The summed E-state index contributed by atoms with van der Waals surface area (Å²) in [5.41, 5.74) is 0.588. The minimum Gasteiger partial charge on any atom is -0.356 e. The number of halogens is 1. The van der Waals surface area contributed by atoms with E-state index in [0.717, 1.165) is 17.4 Å². The molecule has 0 saturated heterocycles. The van der Waals surface area contributed by atoms with Gasteiger partial charge in [0.15, 0.2) is 0 Å². The van der Waals surface area contributed by atoms with Gasteiger partial charge in [-0.2, -0.15) is 0 Å². The Labute approximate surface area is 134 Å². The molecule has 0 heterocycles. The molecular weight excluding hydrogens is 334 g/mol. The third-order valence-corrected chi connectivity index (χ3v) is 3.38. The summed E-state index contributed by atoms with van der Waals surface area (Å²) in [5.74, 6) is -0.201. The lowest BCUT2D eigenvalue weighted by molar-refractivity contribution is -0.120. The normalized spacial score (nSPS) is 10.5. The highest BCUT2D eigenvalue weighted by molar-refractivity contribution is 9.10. The van der Waals surface area contributed by atoms with Crippen molar-refractivity contribution in [3.63, 3.8) is 0 Å². The summed E-state index contributed by atoms with van der Waals surface area (Å²) in [6, 6.07) is 7.10. The molecule has 0 aromatic heterocycles. The number of nitrogens with zero attached hydrogens (tertiary/aromatic N) is 1. The summed E-state index contributed by atoms with van der Waals surface area (Å²) in [4.78, 5) is 25.5. The van der Waals surface area contributed by atoms with Gasteiger partial charge >= 0.3 is 0 Å². The first-order valence-corrected chi connectivity index (χ1v) is 7.73. The van der Waals surface area contributed by atoms with E-state index in [2.05, 4.69) is 31.5 Å². The second kappa shape index (κ2) is 9.52. The first kappa shape index (κ1) is 17.7. The molecule has 0 unspecified atom stereocenters. The Morgan fingerprint density at radius 2 is 1.76 bits per heavy atom. The first-order valence-electron chi connectivity index (χ1n) is 6.94. The molecule has 0 aliphatic carbocycles. The van der Waals surface area contributed by atoms with Crippen LogP contribution in [0, 0.1) is 0 Å². The fourth-order valence-electron chi connectivity index (χ4n) is 1.70. The van der Waals surface area contributed by atoms with E-state index in [1.165, 1.54) is 0 Å². The summed E-state index contributed by atoms with van der Waals surface area (Å²) < 4.78 is 0.927. The highest BCUT2D eigenvalue weighted by atomic mass is 79.9. The summed E-state index contributed by atoms with van der Waals surface area (Å²) in [6.45, 7) is 1.95. The Hall–Kier alpha value is -1.40. The van der Waals surface area contributed by atoms with Gasteiger partial charge < -0.3 is 15.5 Å². The van der Waals surface area contributed by atoms with Crippen molar-refractivity contribution in [1.82, 2.24) is 15.5 Å². The lowest BCUT2D eigenvalue weighted by atomic mass is 10.2. The lowest BCUT2D eigenvalue weighted by Crippen LogP contribution is -2.32. The van der Waals surface area contributed by atoms with Gasteiger partial charge in [-0.25, -0.2) is 0 Å². The maximum atomic E-state index is 11.8. The Morgan fingerprint density at radius 1 is 1.10 bits per heavy atom. The van der Waals surface area contributed by atoms with Crippen molar-refractivity contribution in [3.8, 4) is 0 Å². The summed E-state index contributed by atoms with van der Waals surface area (Å²) >= 11 is 3.32. The van der Waals surface area contributed by atoms with Crippen LogP contribution in [-0.2, 0) is 4.79 Å². The van der Waals surface area contributed by atoms with Crippen LogP contribution in [-0.4, -0.2) is 50.4 Å². The molecule has 0 radical (unpaired) electrons. The van der Waals surface area contributed by atoms with E-state index in [4.69, 9.17) is 0 Å². The van der Waals surface area contributed by atoms with Crippen molar-refractivity contribution in [2.75, 3.05) is 33.7 Å². The van der Waals surface area contributed by atoms with Gasteiger partial charge in [-0.3, -0.25) is 9.59 Å². The minimum absolute atomic E-state index is 0.0372. The summed E-state index contributed by atoms with van der Waals surface area (Å²) in [5, 5.41) is 5.57. The van der Waals surface area contributed by atoms with Crippen molar-refractivity contribution in [1.29, 1.82) is 0 Å². The van der Waals surface area contributed by atoms with E-state index in [9.17, 15) is 9.59 Å². The van der Waals surface area contributed by atoms with E-state index in [-0.39, 0.29) is 11.8 Å². The van der Waals surface area contributed by atoms with Crippen molar-refractivity contribution < 1.29 is 9.59 Å². The van der Waals surface area contributed by atoms with Crippen LogP contribution in [0.2, 0.25) is 0 Å². The molecule has 0 aliphatic rings. The molecule has 2 N–H and O–H groups in total. The SMILES string of the molecule is CN(C)CCCNC(=O)CCNC(=O)c1ccc(Br)cc1. The van der Waals surface area contributed by atoms with Gasteiger partial charge in [0.1, 0.15) is 0 Å². The fraction of sp³-hybridized carbons (Fsp3) is 0.467. The van der Waals surface area contributed by atoms with Gasteiger partial charge in [-0.1, -0.05) is 15.9 Å². The summed E-state index contributed by atoms with van der Waals surface area (Å²) in [6.07, 6.45) is 1.22. The van der Waals surface area contributed by atoms with Crippen molar-refractivity contribution >= 4 is 27.7 Å². The van der Waals surface area contributed by atoms with Crippen molar-refractivity contribution in [3.05, 3.63) is 34.3 Å². The zero-order valence-electron chi connectivity index (χ0n) is 12.5. The largest absolute Gasteiger partial charge is 0.356 e. The van der Waals surface area contributed by atoms with Crippen LogP contribution in [0.4, 0.5) is 0 Å². The second-order valence-electron chi connectivity index (χ2n) is 5.02. The quantitative estimate of drug-likeness (QED) is 0.696. The molecular formula is C15H22BrN3O2. The molecule has 1 aromatic rings. The van der Waals surface area contributed by atoms with Crippen LogP contribution in [0.3, 0.4) is 0 Å². The smallest absolute Gasteiger partial charge is 0.251 e. The second-order valence-corrected chi connectivity index (χ2v) is 5.94. The predicted octanol–water partition coefficient (Wildman–Crippen LogP) is 1.64. The van der Waals surface area contributed by atoms with Crippen LogP contribution in [0.25, 0.3) is 0 Å². The van der Waals surface area contributed by atoms with E-state index in [1.54, 1.807) is 12.1 Å². The molecule has 0 atom stereocenters.